The molecule has 84 valence electrons. The molecule has 0 aromatic carbocycles. The Kier molecular flexibility index (Phi) is 9.40. The maximum Gasteiger partial charge on any atom is 0.319 e. The molecule has 1 unspecified atom stereocenters. The first kappa shape index (κ1) is 13.9. The predicted octanol–water partition coefficient (Wildman–Crippen LogP) is 2.52. The van der Waals surface area contributed by atoms with Crippen LogP contribution in [0.25, 0.3) is 0 Å². The van der Waals surface area contributed by atoms with Crippen molar-refractivity contribution in [3.05, 3.63) is 0 Å². The number of ether oxygens (including phenoxy) is 2. The number of carbonyl (C=O) groups is 1. The van der Waals surface area contributed by atoms with Crippen LogP contribution in [0.15, 0.2) is 0 Å². The van der Waals surface area contributed by atoms with Gasteiger partial charge in [0.2, 0.25) is 0 Å². The molecule has 0 spiro atoms. The molecule has 0 fully saturated rings. The Bertz CT molecular complexity index is 150. The summed E-state index contributed by atoms with van der Waals surface area (Å²) < 4.78 is 10.2. The number of hydrogen-bond donors (Lipinski definition) is 0. The lowest BCUT2D eigenvalue weighted by Gasteiger charge is -2.08. The summed E-state index contributed by atoms with van der Waals surface area (Å²) >= 11 is 3.22. The summed E-state index contributed by atoms with van der Waals surface area (Å²) in [5.74, 6) is -0.202. The van der Waals surface area contributed by atoms with Gasteiger partial charge in [-0.15, -0.1) is 0 Å². The molecule has 0 heterocycles. The number of unbranched alkanes of at least 4 members (excludes halogenated alkanes) is 1. The van der Waals surface area contributed by atoms with Crippen molar-refractivity contribution in [3.8, 4) is 0 Å². The van der Waals surface area contributed by atoms with Crippen LogP contribution in [0.1, 0.15) is 33.1 Å². The van der Waals surface area contributed by atoms with E-state index in [1.165, 1.54) is 0 Å². The summed E-state index contributed by atoms with van der Waals surface area (Å²) in [7, 11) is 0. The SMILES string of the molecule is CCCCOCCOC(=O)C(Br)CC. The van der Waals surface area contributed by atoms with Gasteiger partial charge in [-0.2, -0.15) is 0 Å². The van der Waals surface area contributed by atoms with E-state index in [-0.39, 0.29) is 10.8 Å². The standard InChI is InChI=1S/C10H19BrO3/c1-3-5-6-13-7-8-14-10(12)9(11)4-2/h9H,3-8H2,1-2H3. The van der Waals surface area contributed by atoms with Crippen molar-refractivity contribution in [2.45, 2.75) is 37.9 Å². The zero-order valence-corrected chi connectivity index (χ0v) is 10.5. The second-order valence-electron chi connectivity index (χ2n) is 3.01. The highest BCUT2D eigenvalue weighted by Crippen LogP contribution is 2.05. The fraction of sp³-hybridized carbons (Fsp3) is 0.900. The summed E-state index contributed by atoms with van der Waals surface area (Å²) in [4.78, 5) is 11.0. The normalized spacial score (nSPS) is 12.5. The van der Waals surface area contributed by atoms with Gasteiger partial charge in [0.1, 0.15) is 11.4 Å². The third-order valence-corrected chi connectivity index (χ3v) is 2.75. The molecular weight excluding hydrogens is 248 g/mol. The molecule has 0 aromatic rings. The van der Waals surface area contributed by atoms with Crippen LogP contribution in [0.3, 0.4) is 0 Å². The summed E-state index contributed by atoms with van der Waals surface area (Å²) in [6, 6.07) is 0. The fourth-order valence-electron chi connectivity index (χ4n) is 0.807. The zero-order valence-electron chi connectivity index (χ0n) is 8.92. The first-order chi connectivity index (χ1) is 6.72. The first-order valence-electron chi connectivity index (χ1n) is 5.10. The number of carbonyl (C=O) groups excluding carboxylic acids is 1. The number of halogens is 1. The molecule has 0 saturated heterocycles. The highest BCUT2D eigenvalue weighted by atomic mass is 79.9. The topological polar surface area (TPSA) is 35.5 Å². The summed E-state index contributed by atoms with van der Waals surface area (Å²) in [5, 5.41) is 0. The first-order valence-corrected chi connectivity index (χ1v) is 6.02. The average Bonchev–Trinajstić information content (AvgIpc) is 2.21. The highest BCUT2D eigenvalue weighted by Gasteiger charge is 2.12. The van der Waals surface area contributed by atoms with Gasteiger partial charge in [-0.05, 0) is 12.8 Å². The van der Waals surface area contributed by atoms with Gasteiger partial charge < -0.3 is 9.47 Å². The Morgan fingerprint density at radius 1 is 1.29 bits per heavy atom. The molecule has 14 heavy (non-hydrogen) atoms. The van der Waals surface area contributed by atoms with Gasteiger partial charge in [0.25, 0.3) is 0 Å². The van der Waals surface area contributed by atoms with Crippen molar-refractivity contribution < 1.29 is 14.3 Å². The Labute approximate surface area is 94.3 Å². The molecule has 0 aliphatic rings. The van der Waals surface area contributed by atoms with Gasteiger partial charge in [-0.25, -0.2) is 0 Å². The van der Waals surface area contributed by atoms with Gasteiger partial charge in [-0.1, -0.05) is 36.2 Å². The lowest BCUT2D eigenvalue weighted by atomic mass is 10.3. The maximum atomic E-state index is 11.1. The summed E-state index contributed by atoms with van der Waals surface area (Å²) in [6.07, 6.45) is 2.93. The number of esters is 1. The molecule has 0 N–H and O–H groups in total. The van der Waals surface area contributed by atoms with Crippen molar-refractivity contribution in [1.82, 2.24) is 0 Å². The number of hydrogen-bond acceptors (Lipinski definition) is 3. The molecule has 1 atom stereocenters. The summed E-state index contributed by atoms with van der Waals surface area (Å²) in [6.45, 7) is 5.64. The van der Waals surface area contributed by atoms with E-state index in [9.17, 15) is 4.79 Å². The lowest BCUT2D eigenvalue weighted by molar-refractivity contribution is -0.144. The molecule has 0 radical (unpaired) electrons. The van der Waals surface area contributed by atoms with Crippen molar-refractivity contribution in [2.24, 2.45) is 0 Å². The smallest absolute Gasteiger partial charge is 0.319 e. The number of rotatable bonds is 8. The van der Waals surface area contributed by atoms with Crippen LogP contribution < -0.4 is 0 Å². The fourth-order valence-corrected chi connectivity index (χ4v) is 0.939. The van der Waals surface area contributed by atoms with E-state index in [1.807, 2.05) is 6.92 Å². The zero-order chi connectivity index (χ0) is 10.8. The van der Waals surface area contributed by atoms with E-state index in [4.69, 9.17) is 9.47 Å². The van der Waals surface area contributed by atoms with Crippen LogP contribution in [0, 0.1) is 0 Å². The lowest BCUT2D eigenvalue weighted by Crippen LogP contribution is -2.19. The number of alkyl halides is 1. The van der Waals surface area contributed by atoms with E-state index in [1.54, 1.807) is 0 Å². The quantitative estimate of drug-likeness (QED) is 0.385. The molecule has 4 heteroatoms. The van der Waals surface area contributed by atoms with E-state index >= 15 is 0 Å². The minimum absolute atomic E-state index is 0.182. The molecule has 0 aliphatic carbocycles. The van der Waals surface area contributed by atoms with E-state index in [2.05, 4.69) is 22.9 Å². The second kappa shape index (κ2) is 9.46. The van der Waals surface area contributed by atoms with Crippen LogP contribution in [0.2, 0.25) is 0 Å². The van der Waals surface area contributed by atoms with Gasteiger partial charge >= 0.3 is 5.97 Å². The molecule has 0 rings (SSSR count). The second-order valence-corrected chi connectivity index (χ2v) is 4.11. The molecule has 0 aliphatic heterocycles. The third-order valence-electron chi connectivity index (χ3n) is 1.73. The molecule has 0 amide bonds. The molecule has 0 saturated carbocycles. The predicted molar refractivity (Wildman–Crippen MR) is 59.7 cm³/mol. The van der Waals surface area contributed by atoms with E-state index in [0.29, 0.717) is 13.2 Å². The molecular formula is C10H19BrO3. The average molecular weight is 267 g/mol. The van der Waals surface area contributed by atoms with Gasteiger partial charge in [0.05, 0.1) is 6.61 Å². The van der Waals surface area contributed by atoms with Gasteiger partial charge in [0, 0.05) is 6.61 Å². The van der Waals surface area contributed by atoms with E-state index < -0.39 is 0 Å². The van der Waals surface area contributed by atoms with Crippen LogP contribution in [-0.4, -0.2) is 30.6 Å². The van der Waals surface area contributed by atoms with Gasteiger partial charge in [-0.3, -0.25) is 4.79 Å². The van der Waals surface area contributed by atoms with Crippen molar-refractivity contribution >= 4 is 21.9 Å². The Morgan fingerprint density at radius 3 is 2.57 bits per heavy atom. The highest BCUT2D eigenvalue weighted by molar-refractivity contribution is 9.10. The minimum Gasteiger partial charge on any atom is -0.462 e. The Balaban J connectivity index is 3.23. The van der Waals surface area contributed by atoms with Crippen LogP contribution in [0.5, 0.6) is 0 Å². The van der Waals surface area contributed by atoms with Crippen LogP contribution >= 0.6 is 15.9 Å². The van der Waals surface area contributed by atoms with Crippen molar-refractivity contribution in [3.63, 3.8) is 0 Å². The molecule has 3 nitrogen and oxygen atoms in total. The molecule has 0 aromatic heterocycles. The van der Waals surface area contributed by atoms with Crippen molar-refractivity contribution in [1.29, 1.82) is 0 Å². The third kappa shape index (κ3) is 7.33. The van der Waals surface area contributed by atoms with Crippen LogP contribution in [0.4, 0.5) is 0 Å². The van der Waals surface area contributed by atoms with E-state index in [0.717, 1.165) is 25.9 Å². The summed E-state index contributed by atoms with van der Waals surface area (Å²) in [5.41, 5.74) is 0. The Hall–Kier alpha value is -0.0900. The van der Waals surface area contributed by atoms with Crippen LogP contribution in [-0.2, 0) is 14.3 Å². The minimum atomic E-state index is -0.202. The molecule has 0 bridgehead atoms. The van der Waals surface area contributed by atoms with Crippen molar-refractivity contribution in [2.75, 3.05) is 19.8 Å². The Morgan fingerprint density at radius 2 is 2.00 bits per heavy atom. The largest absolute Gasteiger partial charge is 0.462 e. The monoisotopic (exact) mass is 266 g/mol. The van der Waals surface area contributed by atoms with Gasteiger partial charge in [0.15, 0.2) is 0 Å². The maximum absolute atomic E-state index is 11.1.